The summed E-state index contributed by atoms with van der Waals surface area (Å²) in [7, 11) is 0. The van der Waals surface area contributed by atoms with Crippen molar-refractivity contribution in [3.8, 4) is 0 Å². The zero-order valence-corrected chi connectivity index (χ0v) is 11.1. The number of aryl methyl sites for hydroxylation is 1. The first-order valence-corrected chi connectivity index (χ1v) is 6.69. The molecule has 1 saturated heterocycles. The number of amides is 1. The Hall–Kier alpha value is -1.49. The van der Waals surface area contributed by atoms with Gasteiger partial charge in [-0.3, -0.25) is 9.69 Å². The van der Waals surface area contributed by atoms with Crippen LogP contribution in [0.4, 0.5) is 5.95 Å². The lowest BCUT2D eigenvalue weighted by Crippen LogP contribution is -2.25. The van der Waals surface area contributed by atoms with Crippen LogP contribution in [0.1, 0.15) is 12.0 Å². The molecule has 1 amide bonds. The number of aromatic nitrogens is 2. The Morgan fingerprint density at radius 3 is 3.06 bits per heavy atom. The van der Waals surface area contributed by atoms with Crippen LogP contribution in [0.2, 0.25) is 0 Å². The van der Waals surface area contributed by atoms with E-state index in [9.17, 15) is 4.79 Å². The van der Waals surface area contributed by atoms with Gasteiger partial charge in [-0.25, -0.2) is 4.98 Å². The van der Waals surface area contributed by atoms with Crippen molar-refractivity contribution in [2.24, 2.45) is 5.92 Å². The molecular formula is C13H15N3OS. The molecule has 5 heteroatoms. The Labute approximate surface area is 111 Å². The zero-order valence-electron chi connectivity index (χ0n) is 10.2. The molecule has 0 radical (unpaired) electrons. The van der Waals surface area contributed by atoms with E-state index in [1.807, 2.05) is 25.1 Å². The third-order valence-electron chi connectivity index (χ3n) is 3.42. The smallest absolute Gasteiger partial charge is 0.229 e. The van der Waals surface area contributed by atoms with Gasteiger partial charge in [0.25, 0.3) is 0 Å². The Kier molecular flexibility index (Phi) is 2.78. The van der Waals surface area contributed by atoms with Crippen molar-refractivity contribution in [3.63, 3.8) is 0 Å². The summed E-state index contributed by atoms with van der Waals surface area (Å²) in [5.41, 5.74) is 3.04. The van der Waals surface area contributed by atoms with E-state index in [4.69, 9.17) is 0 Å². The molecule has 1 fully saturated rings. The van der Waals surface area contributed by atoms with Gasteiger partial charge in [-0.15, -0.1) is 0 Å². The van der Waals surface area contributed by atoms with Gasteiger partial charge in [-0.2, -0.15) is 12.6 Å². The number of rotatable bonds is 2. The van der Waals surface area contributed by atoms with Crippen LogP contribution in [0.25, 0.3) is 11.0 Å². The van der Waals surface area contributed by atoms with Gasteiger partial charge in [0.1, 0.15) is 0 Å². The van der Waals surface area contributed by atoms with E-state index in [0.29, 0.717) is 24.8 Å². The second-order valence-electron chi connectivity index (χ2n) is 4.79. The Morgan fingerprint density at radius 1 is 1.56 bits per heavy atom. The largest absolute Gasteiger partial charge is 0.324 e. The summed E-state index contributed by atoms with van der Waals surface area (Å²) in [6.07, 6.45) is 0.569. The number of nitrogens with zero attached hydrogens (tertiary/aromatic N) is 2. The molecule has 3 rings (SSSR count). The molecule has 1 aromatic carbocycles. The summed E-state index contributed by atoms with van der Waals surface area (Å²) in [5.74, 6) is 1.86. The van der Waals surface area contributed by atoms with E-state index >= 15 is 0 Å². The predicted octanol–water partition coefficient (Wildman–Crippen LogP) is 2.15. The summed E-state index contributed by atoms with van der Waals surface area (Å²) in [5, 5.41) is 0. The molecule has 0 bridgehead atoms. The van der Waals surface area contributed by atoms with E-state index < -0.39 is 0 Å². The van der Waals surface area contributed by atoms with Crippen molar-refractivity contribution >= 4 is 35.5 Å². The summed E-state index contributed by atoms with van der Waals surface area (Å²) in [6, 6.07) is 5.99. The van der Waals surface area contributed by atoms with E-state index in [1.54, 1.807) is 4.90 Å². The van der Waals surface area contributed by atoms with Gasteiger partial charge in [-0.05, 0) is 30.2 Å². The molecule has 1 aliphatic heterocycles. The highest BCUT2D eigenvalue weighted by molar-refractivity contribution is 7.80. The third-order valence-corrected chi connectivity index (χ3v) is 3.94. The Bertz CT molecular complexity index is 607. The number of para-hydroxylation sites is 1. The molecule has 1 unspecified atom stereocenters. The normalized spacial score (nSPS) is 20.0. The van der Waals surface area contributed by atoms with Crippen LogP contribution in [-0.2, 0) is 4.79 Å². The lowest BCUT2D eigenvalue weighted by molar-refractivity contribution is -0.117. The first-order valence-electron chi connectivity index (χ1n) is 6.05. The number of thiol groups is 1. The van der Waals surface area contributed by atoms with Crippen molar-refractivity contribution in [1.82, 2.24) is 9.97 Å². The van der Waals surface area contributed by atoms with Crippen LogP contribution in [0.5, 0.6) is 0 Å². The van der Waals surface area contributed by atoms with Gasteiger partial charge in [0.2, 0.25) is 11.9 Å². The number of nitrogens with one attached hydrogen (secondary N) is 1. The molecule has 1 aromatic heterocycles. The van der Waals surface area contributed by atoms with Crippen molar-refractivity contribution in [1.29, 1.82) is 0 Å². The topological polar surface area (TPSA) is 49.0 Å². The predicted molar refractivity (Wildman–Crippen MR) is 75.1 cm³/mol. The molecule has 2 heterocycles. The molecule has 2 aromatic rings. The highest BCUT2D eigenvalue weighted by atomic mass is 32.1. The molecule has 0 saturated carbocycles. The number of imidazole rings is 1. The molecular weight excluding hydrogens is 246 g/mol. The van der Waals surface area contributed by atoms with Gasteiger partial charge < -0.3 is 4.98 Å². The lowest BCUT2D eigenvalue weighted by atomic mass is 10.1. The minimum Gasteiger partial charge on any atom is -0.324 e. The van der Waals surface area contributed by atoms with E-state index in [2.05, 4.69) is 22.6 Å². The Morgan fingerprint density at radius 2 is 2.39 bits per heavy atom. The van der Waals surface area contributed by atoms with Gasteiger partial charge in [0, 0.05) is 13.0 Å². The van der Waals surface area contributed by atoms with Gasteiger partial charge in [-0.1, -0.05) is 12.1 Å². The summed E-state index contributed by atoms with van der Waals surface area (Å²) >= 11 is 4.27. The number of benzene rings is 1. The molecule has 1 N–H and O–H groups in total. The molecule has 0 spiro atoms. The summed E-state index contributed by atoms with van der Waals surface area (Å²) in [6.45, 7) is 2.73. The molecule has 94 valence electrons. The first-order chi connectivity index (χ1) is 8.69. The van der Waals surface area contributed by atoms with Crippen molar-refractivity contribution in [2.45, 2.75) is 13.3 Å². The van der Waals surface area contributed by atoms with E-state index in [-0.39, 0.29) is 5.91 Å². The van der Waals surface area contributed by atoms with Crippen molar-refractivity contribution < 1.29 is 4.79 Å². The number of fused-ring (bicyclic) bond motifs is 1. The van der Waals surface area contributed by atoms with E-state index in [0.717, 1.165) is 22.3 Å². The molecule has 1 atom stereocenters. The zero-order chi connectivity index (χ0) is 12.7. The van der Waals surface area contributed by atoms with Crippen LogP contribution in [0.3, 0.4) is 0 Å². The van der Waals surface area contributed by atoms with Gasteiger partial charge in [0.05, 0.1) is 11.0 Å². The second kappa shape index (κ2) is 4.31. The number of hydrogen-bond acceptors (Lipinski definition) is 3. The Balaban J connectivity index is 2.00. The fourth-order valence-corrected chi connectivity index (χ4v) is 2.64. The monoisotopic (exact) mass is 261 g/mol. The minimum atomic E-state index is 0.130. The van der Waals surface area contributed by atoms with Crippen LogP contribution in [-0.4, -0.2) is 28.2 Å². The highest BCUT2D eigenvalue weighted by Gasteiger charge is 2.31. The van der Waals surface area contributed by atoms with Crippen molar-refractivity contribution in [3.05, 3.63) is 23.8 Å². The van der Waals surface area contributed by atoms with Crippen LogP contribution in [0, 0.1) is 12.8 Å². The van der Waals surface area contributed by atoms with Crippen LogP contribution < -0.4 is 4.90 Å². The number of anilines is 1. The average Bonchev–Trinajstić information content (AvgIpc) is 2.93. The number of carbonyl (C=O) groups is 1. The fourth-order valence-electron chi connectivity index (χ4n) is 2.40. The lowest BCUT2D eigenvalue weighted by Gasteiger charge is -2.11. The fraction of sp³-hybridized carbons (Fsp3) is 0.385. The quantitative estimate of drug-likeness (QED) is 0.814. The average molecular weight is 261 g/mol. The highest BCUT2D eigenvalue weighted by Crippen LogP contribution is 2.26. The van der Waals surface area contributed by atoms with Gasteiger partial charge in [0.15, 0.2) is 0 Å². The molecule has 18 heavy (non-hydrogen) atoms. The standard InChI is InChI=1S/C13H15N3OS/c1-8-3-2-4-10-12(8)15-13(14-10)16-6-9(7-18)5-11(16)17/h2-4,9,18H,5-7H2,1H3,(H,14,15). The van der Waals surface area contributed by atoms with Crippen LogP contribution >= 0.6 is 12.6 Å². The number of carbonyl (C=O) groups excluding carboxylic acids is 1. The SMILES string of the molecule is Cc1cccc2[nH]c(N3CC(CS)CC3=O)nc12. The second-order valence-corrected chi connectivity index (χ2v) is 5.15. The maximum absolute atomic E-state index is 11.9. The van der Waals surface area contributed by atoms with E-state index in [1.165, 1.54) is 0 Å². The third kappa shape index (κ3) is 1.79. The number of H-pyrrole nitrogens is 1. The molecule has 4 nitrogen and oxygen atoms in total. The number of aromatic amines is 1. The maximum Gasteiger partial charge on any atom is 0.229 e. The minimum absolute atomic E-state index is 0.130. The first kappa shape index (κ1) is 11.6. The van der Waals surface area contributed by atoms with Crippen LogP contribution in [0.15, 0.2) is 18.2 Å². The summed E-state index contributed by atoms with van der Waals surface area (Å²) < 4.78 is 0. The molecule has 1 aliphatic rings. The number of hydrogen-bond donors (Lipinski definition) is 2. The van der Waals surface area contributed by atoms with Crippen molar-refractivity contribution in [2.75, 3.05) is 17.2 Å². The van der Waals surface area contributed by atoms with Gasteiger partial charge >= 0.3 is 0 Å². The summed E-state index contributed by atoms with van der Waals surface area (Å²) in [4.78, 5) is 21.4. The molecule has 0 aliphatic carbocycles. The maximum atomic E-state index is 11.9.